The standard InChI is InChI=1S/C9H17F2NO/c1-12-6-9(10,11)7-13-8-4-2-3-5-8/h8,12H,2-7H2,1H3. The van der Waals surface area contributed by atoms with Crippen molar-refractivity contribution in [1.29, 1.82) is 0 Å². The topological polar surface area (TPSA) is 21.3 Å². The van der Waals surface area contributed by atoms with Gasteiger partial charge in [0.15, 0.2) is 0 Å². The minimum atomic E-state index is -2.72. The van der Waals surface area contributed by atoms with Crippen LogP contribution in [-0.2, 0) is 4.74 Å². The maximum absolute atomic E-state index is 12.9. The Labute approximate surface area is 77.6 Å². The molecule has 0 aliphatic heterocycles. The van der Waals surface area contributed by atoms with Crippen LogP contribution in [0, 0.1) is 0 Å². The first-order chi connectivity index (χ1) is 6.14. The molecule has 1 aliphatic carbocycles. The van der Waals surface area contributed by atoms with Crippen LogP contribution in [0.5, 0.6) is 0 Å². The number of halogens is 2. The van der Waals surface area contributed by atoms with Gasteiger partial charge in [-0.3, -0.25) is 0 Å². The molecule has 1 N–H and O–H groups in total. The zero-order chi connectivity index (χ0) is 9.73. The zero-order valence-electron chi connectivity index (χ0n) is 7.98. The number of nitrogens with one attached hydrogen (secondary N) is 1. The van der Waals surface area contributed by atoms with Crippen LogP contribution in [0.3, 0.4) is 0 Å². The molecule has 0 aromatic heterocycles. The van der Waals surface area contributed by atoms with Crippen molar-refractivity contribution in [3.8, 4) is 0 Å². The molecule has 1 fully saturated rings. The lowest BCUT2D eigenvalue weighted by Crippen LogP contribution is -2.36. The molecule has 0 saturated heterocycles. The molecule has 4 heteroatoms. The smallest absolute Gasteiger partial charge is 0.283 e. The van der Waals surface area contributed by atoms with E-state index in [1.165, 1.54) is 7.05 Å². The third-order valence-electron chi connectivity index (χ3n) is 2.27. The molecule has 0 spiro atoms. The van der Waals surface area contributed by atoms with E-state index >= 15 is 0 Å². The normalized spacial score (nSPS) is 19.6. The van der Waals surface area contributed by atoms with Crippen LogP contribution in [0.1, 0.15) is 25.7 Å². The molecular weight excluding hydrogens is 176 g/mol. The summed E-state index contributed by atoms with van der Waals surface area (Å²) in [6.07, 6.45) is 4.18. The van der Waals surface area contributed by atoms with Crippen molar-refractivity contribution in [3.05, 3.63) is 0 Å². The second-order valence-corrected chi connectivity index (χ2v) is 3.60. The Morgan fingerprint density at radius 3 is 2.54 bits per heavy atom. The number of ether oxygens (including phenoxy) is 1. The predicted molar refractivity (Wildman–Crippen MR) is 47.1 cm³/mol. The lowest BCUT2D eigenvalue weighted by molar-refractivity contribution is -0.0946. The second kappa shape index (κ2) is 4.86. The third-order valence-corrected chi connectivity index (χ3v) is 2.27. The zero-order valence-corrected chi connectivity index (χ0v) is 7.98. The van der Waals surface area contributed by atoms with Crippen LogP contribution in [0.2, 0.25) is 0 Å². The maximum atomic E-state index is 12.9. The second-order valence-electron chi connectivity index (χ2n) is 3.60. The molecule has 78 valence electrons. The minimum Gasteiger partial charge on any atom is -0.372 e. The van der Waals surface area contributed by atoms with Crippen molar-refractivity contribution < 1.29 is 13.5 Å². The summed E-state index contributed by atoms with van der Waals surface area (Å²) in [5.74, 6) is -2.72. The fourth-order valence-electron chi connectivity index (χ4n) is 1.60. The average molecular weight is 193 g/mol. The van der Waals surface area contributed by atoms with Crippen LogP contribution in [0.4, 0.5) is 8.78 Å². The highest BCUT2D eigenvalue weighted by Gasteiger charge is 2.30. The van der Waals surface area contributed by atoms with Crippen LogP contribution < -0.4 is 5.32 Å². The molecule has 1 saturated carbocycles. The molecule has 0 radical (unpaired) electrons. The summed E-state index contributed by atoms with van der Waals surface area (Å²) in [6.45, 7) is -0.752. The van der Waals surface area contributed by atoms with E-state index in [4.69, 9.17) is 4.74 Å². The van der Waals surface area contributed by atoms with E-state index in [0.29, 0.717) is 0 Å². The Bertz CT molecular complexity index is 147. The summed E-state index contributed by atoms with van der Waals surface area (Å²) in [7, 11) is 1.52. The monoisotopic (exact) mass is 193 g/mol. The Hall–Kier alpha value is -0.220. The highest BCUT2D eigenvalue weighted by molar-refractivity contribution is 4.71. The highest BCUT2D eigenvalue weighted by Crippen LogP contribution is 2.23. The third kappa shape index (κ3) is 4.00. The van der Waals surface area contributed by atoms with Gasteiger partial charge in [-0.05, 0) is 19.9 Å². The fourth-order valence-corrected chi connectivity index (χ4v) is 1.60. The van der Waals surface area contributed by atoms with Crippen molar-refractivity contribution in [2.75, 3.05) is 20.2 Å². The fraction of sp³-hybridized carbons (Fsp3) is 1.00. The van der Waals surface area contributed by atoms with Gasteiger partial charge in [0.2, 0.25) is 0 Å². The van der Waals surface area contributed by atoms with E-state index in [1.54, 1.807) is 0 Å². The van der Waals surface area contributed by atoms with Gasteiger partial charge in [-0.2, -0.15) is 0 Å². The number of hydrogen-bond acceptors (Lipinski definition) is 2. The molecule has 0 aromatic carbocycles. The predicted octanol–water partition coefficient (Wildman–Crippen LogP) is 1.80. The van der Waals surface area contributed by atoms with Gasteiger partial charge in [-0.15, -0.1) is 0 Å². The van der Waals surface area contributed by atoms with E-state index in [9.17, 15) is 8.78 Å². The van der Waals surface area contributed by atoms with Crippen LogP contribution in [-0.4, -0.2) is 32.2 Å². The van der Waals surface area contributed by atoms with Crippen molar-refractivity contribution in [1.82, 2.24) is 5.32 Å². The van der Waals surface area contributed by atoms with Gasteiger partial charge < -0.3 is 10.1 Å². The van der Waals surface area contributed by atoms with Gasteiger partial charge >= 0.3 is 0 Å². The molecule has 0 amide bonds. The molecular formula is C9H17F2NO. The quantitative estimate of drug-likeness (QED) is 0.719. The largest absolute Gasteiger partial charge is 0.372 e. The molecule has 2 nitrogen and oxygen atoms in total. The lowest BCUT2D eigenvalue weighted by atomic mass is 10.3. The maximum Gasteiger partial charge on any atom is 0.283 e. The molecule has 0 bridgehead atoms. The number of hydrogen-bond donors (Lipinski definition) is 1. The van der Waals surface area contributed by atoms with E-state index in [-0.39, 0.29) is 12.6 Å². The lowest BCUT2D eigenvalue weighted by Gasteiger charge is -2.18. The molecule has 0 unspecified atom stereocenters. The molecule has 1 rings (SSSR count). The van der Waals surface area contributed by atoms with Crippen molar-refractivity contribution >= 4 is 0 Å². The SMILES string of the molecule is CNCC(F)(F)COC1CCCC1. The Morgan fingerprint density at radius 2 is 2.00 bits per heavy atom. The minimum absolute atomic E-state index is 0.0720. The van der Waals surface area contributed by atoms with Gasteiger partial charge in [0, 0.05) is 0 Å². The van der Waals surface area contributed by atoms with Gasteiger partial charge in [0.1, 0.15) is 6.61 Å². The first-order valence-electron chi connectivity index (χ1n) is 4.78. The summed E-state index contributed by atoms with van der Waals surface area (Å²) in [4.78, 5) is 0. The van der Waals surface area contributed by atoms with Crippen LogP contribution in [0.25, 0.3) is 0 Å². The van der Waals surface area contributed by atoms with E-state index in [1.807, 2.05) is 0 Å². The highest BCUT2D eigenvalue weighted by atomic mass is 19.3. The molecule has 0 heterocycles. The van der Waals surface area contributed by atoms with Gasteiger partial charge in [-0.1, -0.05) is 12.8 Å². The van der Waals surface area contributed by atoms with E-state index in [0.717, 1.165) is 25.7 Å². The van der Waals surface area contributed by atoms with Crippen molar-refractivity contribution in [2.24, 2.45) is 0 Å². The number of alkyl halides is 2. The van der Waals surface area contributed by atoms with Crippen molar-refractivity contribution in [2.45, 2.75) is 37.7 Å². The Morgan fingerprint density at radius 1 is 1.38 bits per heavy atom. The Kier molecular flexibility index (Phi) is 4.06. The molecule has 1 aliphatic rings. The van der Waals surface area contributed by atoms with Crippen LogP contribution >= 0.6 is 0 Å². The summed E-state index contributed by atoms with van der Waals surface area (Å²) in [6, 6.07) is 0. The van der Waals surface area contributed by atoms with E-state index < -0.39 is 12.5 Å². The van der Waals surface area contributed by atoms with Gasteiger partial charge in [-0.25, -0.2) is 8.78 Å². The van der Waals surface area contributed by atoms with Gasteiger partial charge in [0.25, 0.3) is 5.92 Å². The molecule has 0 aromatic rings. The first-order valence-corrected chi connectivity index (χ1v) is 4.78. The van der Waals surface area contributed by atoms with Gasteiger partial charge in [0.05, 0.1) is 12.6 Å². The summed E-state index contributed by atoms with van der Waals surface area (Å²) < 4.78 is 30.9. The molecule has 0 atom stereocenters. The van der Waals surface area contributed by atoms with E-state index in [2.05, 4.69) is 5.32 Å². The summed E-state index contributed by atoms with van der Waals surface area (Å²) in [5, 5.41) is 2.45. The summed E-state index contributed by atoms with van der Waals surface area (Å²) >= 11 is 0. The number of rotatable bonds is 5. The summed E-state index contributed by atoms with van der Waals surface area (Å²) in [5.41, 5.74) is 0. The van der Waals surface area contributed by atoms with Crippen molar-refractivity contribution in [3.63, 3.8) is 0 Å². The van der Waals surface area contributed by atoms with Crippen LogP contribution in [0.15, 0.2) is 0 Å². The average Bonchev–Trinajstić information content (AvgIpc) is 2.52. The molecule has 13 heavy (non-hydrogen) atoms. The Balaban J connectivity index is 2.15. The first kappa shape index (κ1) is 10.9.